The van der Waals surface area contributed by atoms with Crippen molar-refractivity contribution in [1.29, 1.82) is 0 Å². The number of esters is 1. The lowest BCUT2D eigenvalue weighted by atomic mass is 9.79. The van der Waals surface area contributed by atoms with Gasteiger partial charge in [0.15, 0.2) is 0 Å². The van der Waals surface area contributed by atoms with E-state index in [2.05, 4.69) is 9.89 Å². The summed E-state index contributed by atoms with van der Waals surface area (Å²) in [6.07, 6.45) is 6.62. The van der Waals surface area contributed by atoms with Crippen LogP contribution in [0.1, 0.15) is 91.9 Å². The van der Waals surface area contributed by atoms with Crippen LogP contribution in [-0.2, 0) is 14.0 Å². The summed E-state index contributed by atoms with van der Waals surface area (Å²) in [5, 5.41) is 0. The second-order valence-electron chi connectivity index (χ2n) is 11.6. The van der Waals surface area contributed by atoms with Crippen molar-refractivity contribution in [3.63, 3.8) is 0 Å². The van der Waals surface area contributed by atoms with Crippen LogP contribution in [0.25, 0.3) is 0 Å². The molecule has 2 heterocycles. The maximum absolute atomic E-state index is 12.2. The first kappa shape index (κ1) is 30.9. The van der Waals surface area contributed by atoms with Crippen LogP contribution in [-0.4, -0.2) is 55.7 Å². The Bertz CT molecular complexity index is 911. The second-order valence-corrected chi connectivity index (χ2v) is 11.6. The van der Waals surface area contributed by atoms with Crippen molar-refractivity contribution >= 4 is 25.0 Å². The molecule has 0 atom stereocenters. The maximum atomic E-state index is 12.2. The van der Waals surface area contributed by atoms with Crippen LogP contribution in [0.15, 0.2) is 40.9 Å². The molecule has 3 rings (SSSR count). The number of piperidine rings is 1. The summed E-state index contributed by atoms with van der Waals surface area (Å²) in [6.45, 7) is 20.5. The first-order valence-electron chi connectivity index (χ1n) is 13.7. The van der Waals surface area contributed by atoms with E-state index in [1.165, 1.54) is 6.20 Å². The molecule has 0 radical (unpaired) electrons. The molecule has 2 saturated heterocycles. The number of hydrogen-bond acceptors (Lipinski definition) is 7. The monoisotopic (exact) mass is 513 g/mol. The highest BCUT2D eigenvalue weighted by Crippen LogP contribution is 2.38. The topological polar surface area (TPSA) is 86.4 Å². The fourth-order valence-electron chi connectivity index (χ4n) is 4.21. The van der Waals surface area contributed by atoms with Gasteiger partial charge < -0.3 is 24.7 Å². The van der Waals surface area contributed by atoms with Crippen molar-refractivity contribution in [1.82, 2.24) is 0 Å². The summed E-state index contributed by atoms with van der Waals surface area (Å²) in [5.74, 6) is 0.362. The Morgan fingerprint density at radius 3 is 2.14 bits per heavy atom. The molecule has 0 spiro atoms. The summed E-state index contributed by atoms with van der Waals surface area (Å²) < 4.78 is 17.6. The molecule has 0 amide bonds. The third-order valence-electron chi connectivity index (χ3n) is 7.11. The molecular weight excluding hydrogens is 465 g/mol. The average Bonchev–Trinajstić information content (AvgIpc) is 3.06. The number of benzene rings is 1. The van der Waals surface area contributed by atoms with Crippen molar-refractivity contribution in [2.24, 2.45) is 16.6 Å². The lowest BCUT2D eigenvalue weighted by Gasteiger charge is -2.33. The Morgan fingerprint density at radius 2 is 1.65 bits per heavy atom. The zero-order valence-electron chi connectivity index (χ0n) is 24.5. The molecule has 0 aliphatic carbocycles. The van der Waals surface area contributed by atoms with E-state index in [0.29, 0.717) is 11.5 Å². The van der Waals surface area contributed by atoms with Gasteiger partial charge in [0.2, 0.25) is 0 Å². The predicted octanol–water partition coefficient (Wildman–Crippen LogP) is 5.82. The zero-order valence-corrected chi connectivity index (χ0v) is 24.5. The third kappa shape index (κ3) is 8.61. The fourth-order valence-corrected chi connectivity index (χ4v) is 4.21. The number of allylic oxidation sites excluding steroid dienone is 1. The van der Waals surface area contributed by atoms with E-state index in [-0.39, 0.29) is 5.97 Å². The summed E-state index contributed by atoms with van der Waals surface area (Å²) in [6, 6.07) is 7.74. The van der Waals surface area contributed by atoms with Gasteiger partial charge in [0.25, 0.3) is 0 Å². The number of anilines is 1. The van der Waals surface area contributed by atoms with Crippen LogP contribution in [0, 0.1) is 5.92 Å². The largest absolute Gasteiger partial charge is 0.497 e. The van der Waals surface area contributed by atoms with Gasteiger partial charge in [-0.3, -0.25) is 4.99 Å². The number of aliphatic imine (C=N–C) groups is 1. The summed E-state index contributed by atoms with van der Waals surface area (Å²) in [4.78, 5) is 19.2. The molecule has 37 heavy (non-hydrogen) atoms. The van der Waals surface area contributed by atoms with Gasteiger partial charge in [-0.05, 0) is 104 Å². The normalized spacial score (nSPS) is 20.1. The minimum Gasteiger partial charge on any atom is -0.456 e. The quantitative estimate of drug-likeness (QED) is 0.281. The van der Waals surface area contributed by atoms with Crippen LogP contribution in [0.2, 0.25) is 0 Å². The van der Waals surface area contributed by atoms with Crippen LogP contribution in [0.5, 0.6) is 0 Å². The number of nitrogens with zero attached hydrogens (tertiary/aromatic N) is 2. The van der Waals surface area contributed by atoms with Crippen LogP contribution in [0.4, 0.5) is 5.69 Å². The molecule has 1 aromatic rings. The van der Waals surface area contributed by atoms with Crippen molar-refractivity contribution in [3.05, 3.63) is 41.5 Å². The number of carbonyl (C=O) groups is 1. The van der Waals surface area contributed by atoms with Gasteiger partial charge in [0, 0.05) is 37.0 Å². The van der Waals surface area contributed by atoms with Crippen LogP contribution >= 0.6 is 0 Å². The minimum atomic E-state index is -0.490. The lowest BCUT2D eigenvalue weighted by Crippen LogP contribution is -2.41. The highest BCUT2D eigenvalue weighted by atomic mass is 16.7. The van der Waals surface area contributed by atoms with E-state index in [1.54, 1.807) is 6.21 Å². The molecule has 0 aromatic heterocycles. The Hall–Kier alpha value is -2.32. The lowest BCUT2D eigenvalue weighted by molar-refractivity contribution is 0.00578. The van der Waals surface area contributed by atoms with E-state index >= 15 is 0 Å². The van der Waals surface area contributed by atoms with Gasteiger partial charge in [0.05, 0.1) is 16.8 Å². The molecule has 1 aromatic carbocycles. The fraction of sp³-hybridized carbons (Fsp3) is 0.655. The Morgan fingerprint density at radius 1 is 1.11 bits per heavy atom. The SMILES string of the molecule is CC.CC(C)(C)OC(=O)c1ccc(N2CCC(CCN=C/C(=C\N)B3OC(C)(C)C(C)(C)O3)CC2)cc1. The van der Waals surface area contributed by atoms with E-state index in [4.69, 9.17) is 19.8 Å². The Balaban J connectivity index is 0.00000235. The Labute approximate surface area is 225 Å². The number of nitrogens with two attached hydrogens (primary N) is 1. The van der Waals surface area contributed by atoms with Gasteiger partial charge in [-0.15, -0.1) is 0 Å². The van der Waals surface area contributed by atoms with Crippen LogP contribution < -0.4 is 10.6 Å². The van der Waals surface area contributed by atoms with E-state index in [9.17, 15) is 4.79 Å². The first-order valence-corrected chi connectivity index (χ1v) is 13.7. The van der Waals surface area contributed by atoms with Gasteiger partial charge in [-0.1, -0.05) is 13.8 Å². The molecule has 2 N–H and O–H groups in total. The van der Waals surface area contributed by atoms with E-state index in [1.807, 2.05) is 86.6 Å². The zero-order chi connectivity index (χ0) is 27.9. The van der Waals surface area contributed by atoms with Gasteiger partial charge in [-0.2, -0.15) is 0 Å². The summed E-state index contributed by atoms with van der Waals surface area (Å²) in [5.41, 5.74) is 7.04. The summed E-state index contributed by atoms with van der Waals surface area (Å²) >= 11 is 0. The molecule has 8 heteroatoms. The Kier molecular flexibility index (Phi) is 10.8. The van der Waals surface area contributed by atoms with Crippen molar-refractivity contribution in [2.45, 2.75) is 98.4 Å². The third-order valence-corrected chi connectivity index (χ3v) is 7.11. The molecule has 0 bridgehead atoms. The predicted molar refractivity (Wildman–Crippen MR) is 154 cm³/mol. The molecule has 7 nitrogen and oxygen atoms in total. The highest BCUT2D eigenvalue weighted by molar-refractivity contribution is 6.60. The molecule has 2 fully saturated rings. The smallest absolute Gasteiger partial charge is 0.456 e. The number of rotatable bonds is 7. The number of carbonyl (C=O) groups excluding carboxylic acids is 1. The van der Waals surface area contributed by atoms with Crippen molar-refractivity contribution < 1.29 is 18.8 Å². The van der Waals surface area contributed by atoms with Crippen molar-refractivity contribution in [2.75, 3.05) is 24.5 Å². The molecular formula is C29H48BN3O4. The molecule has 2 aliphatic heterocycles. The number of hydrogen-bond donors (Lipinski definition) is 1. The van der Waals surface area contributed by atoms with Gasteiger partial charge >= 0.3 is 13.1 Å². The van der Waals surface area contributed by atoms with Crippen LogP contribution in [0.3, 0.4) is 0 Å². The number of ether oxygens (including phenoxy) is 1. The average molecular weight is 514 g/mol. The minimum absolute atomic E-state index is 0.283. The summed E-state index contributed by atoms with van der Waals surface area (Å²) in [7, 11) is -0.487. The molecule has 2 aliphatic rings. The first-order chi connectivity index (χ1) is 17.3. The molecule has 0 unspecified atom stereocenters. The van der Waals surface area contributed by atoms with E-state index in [0.717, 1.165) is 50.1 Å². The second kappa shape index (κ2) is 13.0. The van der Waals surface area contributed by atoms with Gasteiger partial charge in [-0.25, -0.2) is 4.79 Å². The maximum Gasteiger partial charge on any atom is 0.497 e. The van der Waals surface area contributed by atoms with E-state index < -0.39 is 23.9 Å². The molecule has 206 valence electrons. The standard InChI is InChI=1S/C27H42BN3O4.C2H6/c1-25(2,3)33-24(32)21-8-10-23(11-9-21)31-16-13-20(14-17-31)12-15-30-19-22(18-29)28-34-26(4,5)27(6,7)35-28;1-2/h8-11,18-20H,12-17,29H2,1-7H3;1-2H3/b22-18+,30-19?;. The highest BCUT2D eigenvalue weighted by Gasteiger charge is 2.52. The van der Waals surface area contributed by atoms with Crippen molar-refractivity contribution in [3.8, 4) is 0 Å². The van der Waals surface area contributed by atoms with Gasteiger partial charge in [0.1, 0.15) is 5.60 Å². The molecule has 0 saturated carbocycles.